The van der Waals surface area contributed by atoms with Gasteiger partial charge in [-0.2, -0.15) is 0 Å². The number of likely N-dealkylation sites (tertiary alicyclic amines) is 1. The number of hydrogen-bond donors (Lipinski definition) is 2. The molecular formula is C23H36N4O6. The summed E-state index contributed by atoms with van der Waals surface area (Å²) in [6.07, 6.45) is 1.42. The number of rotatable bonds is 7. The van der Waals surface area contributed by atoms with Crippen molar-refractivity contribution in [2.75, 3.05) is 20.1 Å². The number of β-amino-alcohol motifs (C(OH)–C–C–N with tert-alkyl or cyclic N) is 1. The van der Waals surface area contributed by atoms with Crippen LogP contribution in [-0.4, -0.2) is 81.9 Å². The molecule has 2 N–H and O–H groups in total. The van der Waals surface area contributed by atoms with Crippen LogP contribution in [0.25, 0.3) is 0 Å². The van der Waals surface area contributed by atoms with Crippen LogP contribution in [0, 0.1) is 5.92 Å². The van der Waals surface area contributed by atoms with E-state index in [1.807, 2.05) is 13.8 Å². The third kappa shape index (κ3) is 8.20. The van der Waals surface area contributed by atoms with Gasteiger partial charge in [0.2, 0.25) is 5.91 Å². The fraction of sp³-hybridized carbons (Fsp3) is 0.652. The molecule has 3 atom stereocenters. The number of aromatic nitrogens is 1. The van der Waals surface area contributed by atoms with Crippen LogP contribution < -0.4 is 5.32 Å². The van der Waals surface area contributed by atoms with Gasteiger partial charge in [-0.05, 0) is 50.8 Å². The number of carbonyl (C=O) groups excluding carboxylic acids is 3. The second-order valence-electron chi connectivity index (χ2n) is 9.73. The minimum Gasteiger partial charge on any atom is -0.445 e. The van der Waals surface area contributed by atoms with Crippen LogP contribution in [0.2, 0.25) is 0 Å². The summed E-state index contributed by atoms with van der Waals surface area (Å²) in [5, 5.41) is 13.2. The molecular weight excluding hydrogens is 428 g/mol. The standard InChI is InChI=1S/C23H36N4O6/c1-15(2)11-17(25-21(30)32-14-16-7-9-24-10-8-16)20(29)26(6)18-12-27(13-19(18)28)22(31)33-23(3,4)5/h7-10,15,17-19,28H,11-14H2,1-6H3,(H,25,30)/t17-,18?,19?/m0/s1. The molecule has 0 bridgehead atoms. The van der Waals surface area contributed by atoms with Crippen molar-refractivity contribution in [1.82, 2.24) is 20.1 Å². The Morgan fingerprint density at radius 3 is 2.45 bits per heavy atom. The number of pyridine rings is 1. The molecule has 1 aromatic heterocycles. The van der Waals surface area contributed by atoms with Gasteiger partial charge in [-0.3, -0.25) is 9.78 Å². The molecule has 2 heterocycles. The van der Waals surface area contributed by atoms with E-state index in [-0.39, 0.29) is 31.5 Å². The summed E-state index contributed by atoms with van der Waals surface area (Å²) in [7, 11) is 1.56. The smallest absolute Gasteiger partial charge is 0.410 e. The third-order valence-corrected chi connectivity index (χ3v) is 5.17. The van der Waals surface area contributed by atoms with E-state index in [1.54, 1.807) is 52.3 Å². The Balaban J connectivity index is 2.00. The first-order chi connectivity index (χ1) is 15.4. The molecule has 2 unspecified atom stereocenters. The second kappa shape index (κ2) is 11.3. The van der Waals surface area contributed by atoms with Crippen molar-refractivity contribution in [1.29, 1.82) is 0 Å². The number of carbonyl (C=O) groups is 3. The second-order valence-corrected chi connectivity index (χ2v) is 9.73. The van der Waals surface area contributed by atoms with E-state index in [9.17, 15) is 19.5 Å². The van der Waals surface area contributed by atoms with E-state index in [0.29, 0.717) is 6.42 Å². The highest BCUT2D eigenvalue weighted by Crippen LogP contribution is 2.20. The van der Waals surface area contributed by atoms with E-state index < -0.39 is 36.0 Å². The minimum atomic E-state index is -0.926. The lowest BCUT2D eigenvalue weighted by atomic mass is 10.0. The predicted molar refractivity (Wildman–Crippen MR) is 121 cm³/mol. The molecule has 1 aromatic rings. The number of nitrogens with one attached hydrogen (secondary N) is 1. The molecule has 184 valence electrons. The Kier molecular flexibility index (Phi) is 9.04. The van der Waals surface area contributed by atoms with Crippen LogP contribution >= 0.6 is 0 Å². The molecule has 0 radical (unpaired) electrons. The monoisotopic (exact) mass is 464 g/mol. The van der Waals surface area contributed by atoms with E-state index >= 15 is 0 Å². The largest absolute Gasteiger partial charge is 0.445 e. The molecule has 0 aromatic carbocycles. The first kappa shape index (κ1) is 26.4. The lowest BCUT2D eigenvalue weighted by molar-refractivity contribution is -0.136. The summed E-state index contributed by atoms with van der Waals surface area (Å²) in [5.41, 5.74) is 0.116. The quantitative estimate of drug-likeness (QED) is 0.634. The van der Waals surface area contributed by atoms with Crippen molar-refractivity contribution in [2.24, 2.45) is 5.92 Å². The van der Waals surface area contributed by atoms with Gasteiger partial charge in [0.05, 0.1) is 18.7 Å². The number of nitrogens with zero attached hydrogens (tertiary/aromatic N) is 3. The van der Waals surface area contributed by atoms with Crippen molar-refractivity contribution in [3.05, 3.63) is 30.1 Å². The predicted octanol–water partition coefficient (Wildman–Crippen LogP) is 2.16. The van der Waals surface area contributed by atoms with Gasteiger partial charge in [-0.1, -0.05) is 13.8 Å². The Morgan fingerprint density at radius 2 is 1.88 bits per heavy atom. The highest BCUT2D eigenvalue weighted by Gasteiger charge is 2.41. The maximum absolute atomic E-state index is 13.2. The van der Waals surface area contributed by atoms with Gasteiger partial charge in [0.1, 0.15) is 18.2 Å². The van der Waals surface area contributed by atoms with Gasteiger partial charge in [0.15, 0.2) is 0 Å². The highest BCUT2D eigenvalue weighted by molar-refractivity contribution is 5.86. The zero-order valence-electron chi connectivity index (χ0n) is 20.3. The third-order valence-electron chi connectivity index (χ3n) is 5.17. The SMILES string of the molecule is CC(C)C[C@H](NC(=O)OCc1ccncc1)C(=O)N(C)C1CN(C(=O)OC(C)(C)C)CC1O. The highest BCUT2D eigenvalue weighted by atomic mass is 16.6. The average molecular weight is 465 g/mol. The molecule has 3 amide bonds. The van der Waals surface area contributed by atoms with Crippen molar-refractivity contribution < 1.29 is 29.0 Å². The molecule has 33 heavy (non-hydrogen) atoms. The number of aliphatic hydroxyl groups excluding tert-OH is 1. The van der Waals surface area contributed by atoms with Crippen LogP contribution in [0.5, 0.6) is 0 Å². The van der Waals surface area contributed by atoms with Gasteiger partial charge < -0.3 is 29.7 Å². The molecule has 10 heteroatoms. The van der Waals surface area contributed by atoms with Crippen molar-refractivity contribution in [3.63, 3.8) is 0 Å². The topological polar surface area (TPSA) is 121 Å². The number of alkyl carbamates (subject to hydrolysis) is 1. The zero-order chi connectivity index (χ0) is 24.8. The summed E-state index contributed by atoms with van der Waals surface area (Å²) in [6, 6.07) is 2.02. The molecule has 0 aliphatic carbocycles. The summed E-state index contributed by atoms with van der Waals surface area (Å²) >= 11 is 0. The lowest BCUT2D eigenvalue weighted by Gasteiger charge is -2.31. The van der Waals surface area contributed by atoms with Crippen LogP contribution in [-0.2, 0) is 20.9 Å². The molecule has 0 saturated carbocycles. The van der Waals surface area contributed by atoms with E-state index in [4.69, 9.17) is 9.47 Å². The molecule has 2 rings (SSSR count). The van der Waals surface area contributed by atoms with E-state index in [1.165, 1.54) is 9.80 Å². The normalized spacial score (nSPS) is 19.2. The van der Waals surface area contributed by atoms with Crippen LogP contribution in [0.1, 0.15) is 46.6 Å². The Morgan fingerprint density at radius 1 is 1.24 bits per heavy atom. The maximum Gasteiger partial charge on any atom is 0.410 e. The number of ether oxygens (including phenoxy) is 2. The minimum absolute atomic E-state index is 0.0545. The fourth-order valence-electron chi connectivity index (χ4n) is 3.54. The maximum atomic E-state index is 13.2. The number of amides is 3. The summed E-state index contributed by atoms with van der Waals surface area (Å²) in [6.45, 7) is 9.44. The lowest BCUT2D eigenvalue weighted by Crippen LogP contribution is -2.53. The number of likely N-dealkylation sites (N-methyl/N-ethyl adjacent to an activating group) is 1. The fourth-order valence-corrected chi connectivity index (χ4v) is 3.54. The van der Waals surface area contributed by atoms with Gasteiger partial charge in [-0.25, -0.2) is 9.59 Å². The van der Waals surface area contributed by atoms with Gasteiger partial charge in [0.25, 0.3) is 0 Å². The zero-order valence-corrected chi connectivity index (χ0v) is 20.3. The molecule has 1 aliphatic heterocycles. The van der Waals surface area contributed by atoms with Gasteiger partial charge in [0, 0.05) is 26.0 Å². The summed E-state index contributed by atoms with van der Waals surface area (Å²) in [5.74, 6) is -0.237. The number of hydrogen-bond acceptors (Lipinski definition) is 7. The average Bonchev–Trinajstić information content (AvgIpc) is 3.12. The molecule has 1 aliphatic rings. The summed E-state index contributed by atoms with van der Waals surface area (Å²) < 4.78 is 10.6. The van der Waals surface area contributed by atoms with E-state index in [2.05, 4.69) is 10.3 Å². The van der Waals surface area contributed by atoms with E-state index in [0.717, 1.165) is 5.56 Å². The Labute approximate surface area is 195 Å². The summed E-state index contributed by atoms with van der Waals surface area (Å²) in [4.78, 5) is 44.7. The van der Waals surface area contributed by atoms with Crippen molar-refractivity contribution in [2.45, 2.75) is 71.4 Å². The molecule has 0 spiro atoms. The van der Waals surface area contributed by atoms with Crippen molar-refractivity contribution >= 4 is 18.1 Å². The van der Waals surface area contributed by atoms with Gasteiger partial charge in [-0.15, -0.1) is 0 Å². The molecule has 1 saturated heterocycles. The Hall–Kier alpha value is -2.88. The van der Waals surface area contributed by atoms with Crippen LogP contribution in [0.3, 0.4) is 0 Å². The van der Waals surface area contributed by atoms with Gasteiger partial charge >= 0.3 is 12.2 Å². The first-order valence-electron chi connectivity index (χ1n) is 11.1. The van der Waals surface area contributed by atoms with Crippen LogP contribution in [0.15, 0.2) is 24.5 Å². The van der Waals surface area contributed by atoms with Crippen LogP contribution in [0.4, 0.5) is 9.59 Å². The Bertz CT molecular complexity index is 811. The number of aliphatic hydroxyl groups is 1. The van der Waals surface area contributed by atoms with Crippen molar-refractivity contribution in [3.8, 4) is 0 Å². The first-order valence-corrected chi connectivity index (χ1v) is 11.1. The molecule has 1 fully saturated rings. The molecule has 10 nitrogen and oxygen atoms in total.